The lowest BCUT2D eigenvalue weighted by Gasteiger charge is -2.14. The number of carbonyl (C=O) groups is 1. The van der Waals surface area contributed by atoms with Crippen molar-refractivity contribution in [2.24, 2.45) is 0 Å². The Balaban J connectivity index is 1.57. The van der Waals surface area contributed by atoms with Crippen molar-refractivity contribution in [3.05, 3.63) is 71.5 Å². The Morgan fingerprint density at radius 1 is 1.15 bits per heavy atom. The van der Waals surface area contributed by atoms with Crippen molar-refractivity contribution in [1.29, 1.82) is 0 Å². The zero-order chi connectivity index (χ0) is 18.4. The van der Waals surface area contributed by atoms with Crippen LogP contribution in [0.4, 0.5) is 0 Å². The van der Waals surface area contributed by atoms with E-state index in [9.17, 15) is 4.79 Å². The molecule has 1 unspecified atom stereocenters. The topological polar surface area (TPSA) is 81.9 Å². The first-order chi connectivity index (χ1) is 12.7. The van der Waals surface area contributed by atoms with Crippen LogP contribution in [0.5, 0.6) is 5.75 Å². The van der Waals surface area contributed by atoms with Crippen molar-refractivity contribution in [2.45, 2.75) is 33.0 Å². The van der Waals surface area contributed by atoms with Gasteiger partial charge in [-0.25, -0.2) is 4.68 Å². The number of ether oxygens (including phenoxy) is 1. The fraction of sp³-hybridized carbons (Fsp3) is 0.263. The maximum absolute atomic E-state index is 12.4. The maximum atomic E-state index is 12.4. The number of rotatable bonds is 7. The predicted octanol–water partition coefficient (Wildman–Crippen LogP) is 2.76. The summed E-state index contributed by atoms with van der Waals surface area (Å²) in [6.45, 7) is 4.88. The molecule has 134 valence electrons. The minimum atomic E-state index is -0.122. The van der Waals surface area contributed by atoms with Crippen molar-refractivity contribution in [1.82, 2.24) is 25.5 Å². The number of nitrogens with zero attached hydrogens (tertiary/aromatic N) is 4. The van der Waals surface area contributed by atoms with Gasteiger partial charge in [0.1, 0.15) is 12.4 Å². The molecule has 26 heavy (non-hydrogen) atoms. The number of hydrogen-bond donors (Lipinski definition) is 1. The van der Waals surface area contributed by atoms with Crippen LogP contribution < -0.4 is 10.1 Å². The van der Waals surface area contributed by atoms with E-state index in [1.54, 1.807) is 28.9 Å². The molecular formula is C19H21N5O2. The number of hydrogen-bond acceptors (Lipinski definition) is 5. The Hall–Kier alpha value is -3.22. The summed E-state index contributed by atoms with van der Waals surface area (Å²) in [6.07, 6.45) is 0. The largest absolute Gasteiger partial charge is 0.486 e. The third-order valence-electron chi connectivity index (χ3n) is 4.04. The zero-order valence-electron chi connectivity index (χ0n) is 14.8. The van der Waals surface area contributed by atoms with Crippen LogP contribution in [0.2, 0.25) is 0 Å². The molecule has 1 aromatic heterocycles. The molecule has 0 fully saturated rings. The fourth-order valence-corrected chi connectivity index (χ4v) is 2.53. The van der Waals surface area contributed by atoms with E-state index in [0.717, 1.165) is 5.56 Å². The average Bonchev–Trinajstić information content (AvgIpc) is 3.15. The van der Waals surface area contributed by atoms with Crippen LogP contribution in [0.3, 0.4) is 0 Å². The van der Waals surface area contributed by atoms with Crippen molar-refractivity contribution in [3.8, 4) is 5.75 Å². The molecule has 0 aliphatic carbocycles. The van der Waals surface area contributed by atoms with Crippen molar-refractivity contribution in [3.63, 3.8) is 0 Å². The van der Waals surface area contributed by atoms with Crippen LogP contribution in [0, 0.1) is 0 Å². The molecule has 0 bridgehead atoms. The van der Waals surface area contributed by atoms with E-state index in [1.165, 1.54) is 0 Å². The quantitative estimate of drug-likeness (QED) is 0.708. The maximum Gasteiger partial charge on any atom is 0.251 e. The molecule has 7 nitrogen and oxygen atoms in total. The summed E-state index contributed by atoms with van der Waals surface area (Å²) in [5.74, 6) is 1.19. The van der Waals surface area contributed by atoms with Gasteiger partial charge in [-0.3, -0.25) is 4.79 Å². The number of benzene rings is 2. The molecule has 1 amide bonds. The third kappa shape index (κ3) is 4.24. The lowest BCUT2D eigenvalue weighted by Crippen LogP contribution is -2.26. The molecule has 0 aliphatic rings. The normalized spacial score (nSPS) is 11.8. The molecule has 1 atom stereocenters. The molecule has 3 rings (SSSR count). The van der Waals surface area contributed by atoms with Crippen molar-refractivity contribution in [2.75, 3.05) is 0 Å². The standard InChI is InChI=1S/C19H21N5O2/c1-3-24-18(21-22-23-24)13-26-17-11-9-16(10-12-17)19(25)20-14(2)15-7-5-4-6-8-15/h4-12,14H,3,13H2,1-2H3,(H,20,25). The molecule has 0 saturated heterocycles. The highest BCUT2D eigenvalue weighted by molar-refractivity contribution is 5.94. The summed E-state index contributed by atoms with van der Waals surface area (Å²) in [7, 11) is 0. The number of aryl methyl sites for hydroxylation is 1. The Bertz CT molecular complexity index is 846. The average molecular weight is 351 g/mol. The van der Waals surface area contributed by atoms with Crippen molar-refractivity contribution < 1.29 is 9.53 Å². The van der Waals surface area contributed by atoms with E-state index in [2.05, 4.69) is 20.8 Å². The van der Waals surface area contributed by atoms with Gasteiger partial charge in [-0.1, -0.05) is 30.3 Å². The SMILES string of the molecule is CCn1nnnc1COc1ccc(C(=O)NC(C)c2ccccc2)cc1. The number of aromatic nitrogens is 4. The van der Waals surface area contributed by atoms with Gasteiger partial charge in [0, 0.05) is 12.1 Å². The summed E-state index contributed by atoms with van der Waals surface area (Å²) in [5.41, 5.74) is 1.65. The van der Waals surface area contributed by atoms with Gasteiger partial charge in [0.2, 0.25) is 0 Å². The number of amides is 1. The highest BCUT2D eigenvalue weighted by atomic mass is 16.5. The van der Waals surface area contributed by atoms with E-state index < -0.39 is 0 Å². The molecule has 1 N–H and O–H groups in total. The van der Waals surface area contributed by atoms with Gasteiger partial charge in [0.15, 0.2) is 5.82 Å². The van der Waals surface area contributed by atoms with Crippen LogP contribution >= 0.6 is 0 Å². The van der Waals surface area contributed by atoms with E-state index >= 15 is 0 Å². The van der Waals surface area contributed by atoms with E-state index in [0.29, 0.717) is 23.7 Å². The summed E-state index contributed by atoms with van der Waals surface area (Å²) in [6, 6.07) is 16.8. The minimum absolute atomic E-state index is 0.0625. The highest BCUT2D eigenvalue weighted by Gasteiger charge is 2.11. The second-order valence-electron chi connectivity index (χ2n) is 5.83. The first-order valence-corrected chi connectivity index (χ1v) is 8.51. The van der Waals surface area contributed by atoms with E-state index in [-0.39, 0.29) is 18.6 Å². The van der Waals surface area contributed by atoms with Gasteiger partial charge < -0.3 is 10.1 Å². The Labute approximate surface area is 152 Å². The van der Waals surface area contributed by atoms with E-state index in [4.69, 9.17) is 4.74 Å². The van der Waals surface area contributed by atoms with Gasteiger partial charge in [-0.2, -0.15) is 0 Å². The van der Waals surface area contributed by atoms with Crippen LogP contribution in [-0.2, 0) is 13.2 Å². The van der Waals surface area contributed by atoms with Gasteiger partial charge in [0.05, 0.1) is 6.04 Å². The van der Waals surface area contributed by atoms with Crippen LogP contribution in [-0.4, -0.2) is 26.1 Å². The second kappa shape index (κ2) is 8.24. The zero-order valence-corrected chi connectivity index (χ0v) is 14.8. The molecule has 0 spiro atoms. The third-order valence-corrected chi connectivity index (χ3v) is 4.04. The first kappa shape index (κ1) is 17.6. The van der Waals surface area contributed by atoms with Gasteiger partial charge in [-0.15, -0.1) is 5.10 Å². The molecule has 0 radical (unpaired) electrons. The lowest BCUT2D eigenvalue weighted by atomic mass is 10.1. The minimum Gasteiger partial charge on any atom is -0.486 e. The molecule has 3 aromatic rings. The molecule has 7 heteroatoms. The predicted molar refractivity (Wildman–Crippen MR) is 96.6 cm³/mol. The van der Waals surface area contributed by atoms with Gasteiger partial charge >= 0.3 is 0 Å². The Kier molecular flexibility index (Phi) is 5.58. The summed E-state index contributed by atoms with van der Waals surface area (Å²) in [4.78, 5) is 12.4. The molecule has 2 aromatic carbocycles. The molecular weight excluding hydrogens is 330 g/mol. The number of tetrazole rings is 1. The van der Waals surface area contributed by atoms with Gasteiger partial charge in [0.25, 0.3) is 5.91 Å². The van der Waals surface area contributed by atoms with Crippen LogP contribution in [0.25, 0.3) is 0 Å². The highest BCUT2D eigenvalue weighted by Crippen LogP contribution is 2.16. The van der Waals surface area contributed by atoms with Crippen molar-refractivity contribution >= 4 is 5.91 Å². The number of nitrogens with one attached hydrogen (secondary N) is 1. The van der Waals surface area contributed by atoms with Gasteiger partial charge in [-0.05, 0) is 54.1 Å². The monoisotopic (exact) mass is 351 g/mol. The molecule has 0 aliphatic heterocycles. The molecule has 1 heterocycles. The lowest BCUT2D eigenvalue weighted by molar-refractivity contribution is 0.0940. The number of carbonyl (C=O) groups excluding carboxylic acids is 1. The molecule has 0 saturated carbocycles. The summed E-state index contributed by atoms with van der Waals surface area (Å²) < 4.78 is 7.36. The van der Waals surface area contributed by atoms with Crippen LogP contribution in [0.1, 0.15) is 41.6 Å². The summed E-state index contributed by atoms with van der Waals surface area (Å²) in [5, 5.41) is 14.4. The smallest absolute Gasteiger partial charge is 0.251 e. The fourth-order valence-electron chi connectivity index (χ4n) is 2.53. The summed E-state index contributed by atoms with van der Waals surface area (Å²) >= 11 is 0. The first-order valence-electron chi connectivity index (χ1n) is 8.51. The Morgan fingerprint density at radius 2 is 1.88 bits per heavy atom. The Morgan fingerprint density at radius 3 is 2.58 bits per heavy atom. The van der Waals surface area contributed by atoms with Crippen LogP contribution in [0.15, 0.2) is 54.6 Å². The van der Waals surface area contributed by atoms with E-state index in [1.807, 2.05) is 44.2 Å². The second-order valence-corrected chi connectivity index (χ2v) is 5.83.